The van der Waals surface area contributed by atoms with Crippen LogP contribution in [-0.2, 0) is 0 Å². The van der Waals surface area contributed by atoms with Crippen molar-refractivity contribution in [2.45, 2.75) is 24.5 Å². The molecule has 0 amide bonds. The molecule has 0 saturated carbocycles. The van der Waals surface area contributed by atoms with Crippen LogP contribution in [0.5, 0.6) is 0 Å². The van der Waals surface area contributed by atoms with Gasteiger partial charge in [0.05, 0.1) is 8.07 Å². The van der Waals surface area contributed by atoms with Crippen molar-refractivity contribution >= 4 is 31.4 Å². The first kappa shape index (κ1) is 11.9. The summed E-state index contributed by atoms with van der Waals surface area (Å²) in [5.74, 6) is 0. The molecule has 1 rings (SSSR count). The predicted octanol–water partition coefficient (Wildman–Crippen LogP) is 4.74. The predicted molar refractivity (Wildman–Crippen MR) is 69.6 cm³/mol. The van der Waals surface area contributed by atoms with Crippen molar-refractivity contribution < 1.29 is 0 Å². The van der Waals surface area contributed by atoms with Gasteiger partial charge >= 0.3 is 0 Å². The Bertz CT molecular complexity index is 314. The van der Waals surface area contributed by atoms with E-state index >= 15 is 0 Å². The topological polar surface area (TPSA) is 0 Å². The van der Waals surface area contributed by atoms with Gasteiger partial charge in [-0.1, -0.05) is 61.2 Å². The first-order chi connectivity index (χ1) is 6.54. The maximum Gasteiger partial charge on any atom is 0.0873 e. The minimum absolute atomic E-state index is 1.27. The van der Waals surface area contributed by atoms with E-state index < -0.39 is 8.07 Å². The summed E-state index contributed by atoms with van der Waals surface area (Å²) in [5, 5.41) is 0. The molecule has 0 radical (unpaired) electrons. The Morgan fingerprint density at radius 1 is 1.21 bits per heavy atom. The van der Waals surface area contributed by atoms with Gasteiger partial charge in [-0.05, 0) is 16.7 Å². The van der Waals surface area contributed by atoms with Gasteiger partial charge < -0.3 is 0 Å². The standard InChI is InChI=1S/C11H15ClSSi/c1-14(2,3)11(9-12)13-10-7-5-4-6-8-10/h4-9H,1-3H3/b11-9-. The van der Waals surface area contributed by atoms with Crippen LogP contribution in [0.4, 0.5) is 0 Å². The Morgan fingerprint density at radius 2 is 1.79 bits per heavy atom. The Hall–Kier alpha value is -0.183. The summed E-state index contributed by atoms with van der Waals surface area (Å²) < 4.78 is 1.32. The van der Waals surface area contributed by atoms with E-state index in [0.717, 1.165) is 0 Å². The van der Waals surface area contributed by atoms with E-state index in [1.807, 2.05) is 6.07 Å². The van der Waals surface area contributed by atoms with Crippen LogP contribution < -0.4 is 0 Å². The van der Waals surface area contributed by atoms with Crippen LogP contribution in [0.15, 0.2) is 45.3 Å². The average Bonchev–Trinajstić information content (AvgIpc) is 2.14. The molecule has 0 aliphatic carbocycles. The Labute approximate surface area is 96.4 Å². The summed E-state index contributed by atoms with van der Waals surface area (Å²) in [6.07, 6.45) is 0. The molecule has 0 fully saturated rings. The van der Waals surface area contributed by atoms with E-state index in [4.69, 9.17) is 11.6 Å². The van der Waals surface area contributed by atoms with Crippen molar-refractivity contribution in [2.24, 2.45) is 0 Å². The van der Waals surface area contributed by atoms with Crippen molar-refractivity contribution in [2.75, 3.05) is 0 Å². The maximum absolute atomic E-state index is 5.85. The van der Waals surface area contributed by atoms with Gasteiger partial charge in [-0.3, -0.25) is 0 Å². The van der Waals surface area contributed by atoms with Crippen LogP contribution in [0.3, 0.4) is 0 Å². The SMILES string of the molecule is C[Si](C)(C)/C(=C\Cl)Sc1ccccc1. The summed E-state index contributed by atoms with van der Waals surface area (Å²) >= 11 is 7.64. The first-order valence-electron chi connectivity index (χ1n) is 4.58. The van der Waals surface area contributed by atoms with E-state index in [2.05, 4.69) is 43.9 Å². The molecule has 14 heavy (non-hydrogen) atoms. The minimum Gasteiger partial charge on any atom is -0.0982 e. The molecule has 0 bridgehead atoms. The quantitative estimate of drug-likeness (QED) is 0.545. The molecule has 0 aliphatic heterocycles. The summed E-state index contributed by atoms with van der Waals surface area (Å²) in [6.45, 7) is 6.91. The number of rotatable bonds is 3. The number of hydrogen-bond acceptors (Lipinski definition) is 1. The van der Waals surface area contributed by atoms with Gasteiger partial charge in [0.25, 0.3) is 0 Å². The Balaban J connectivity index is 2.78. The largest absolute Gasteiger partial charge is 0.0982 e. The third kappa shape index (κ3) is 3.52. The number of hydrogen-bond donors (Lipinski definition) is 0. The zero-order chi connectivity index (χ0) is 10.6. The molecule has 0 unspecified atom stereocenters. The molecule has 1 aromatic rings. The molecule has 0 aliphatic rings. The summed E-state index contributed by atoms with van der Waals surface area (Å²) in [5.41, 5.74) is 1.74. The lowest BCUT2D eigenvalue weighted by molar-refractivity contribution is 1.47. The van der Waals surface area contributed by atoms with Crippen LogP contribution in [0.25, 0.3) is 0 Å². The van der Waals surface area contributed by atoms with Crippen LogP contribution in [-0.4, -0.2) is 8.07 Å². The summed E-state index contributed by atoms with van der Waals surface area (Å²) in [6, 6.07) is 10.4. The second-order valence-corrected chi connectivity index (χ2v) is 10.9. The van der Waals surface area contributed by atoms with Gasteiger partial charge in [0.15, 0.2) is 0 Å². The highest BCUT2D eigenvalue weighted by molar-refractivity contribution is 8.05. The van der Waals surface area contributed by atoms with Gasteiger partial charge in [0.2, 0.25) is 0 Å². The molecule has 1 aromatic carbocycles. The lowest BCUT2D eigenvalue weighted by Crippen LogP contribution is -2.21. The second-order valence-electron chi connectivity index (χ2n) is 4.14. The number of halogens is 1. The molecule has 0 spiro atoms. The Kier molecular flexibility index (Phi) is 4.29. The molecular weight excluding hydrogens is 228 g/mol. The van der Waals surface area contributed by atoms with Crippen molar-refractivity contribution in [3.8, 4) is 0 Å². The van der Waals surface area contributed by atoms with Crippen LogP contribution >= 0.6 is 23.4 Å². The van der Waals surface area contributed by atoms with Crippen molar-refractivity contribution in [1.82, 2.24) is 0 Å². The molecule has 0 saturated heterocycles. The van der Waals surface area contributed by atoms with Gasteiger partial charge in [-0.25, -0.2) is 0 Å². The lowest BCUT2D eigenvalue weighted by Gasteiger charge is -2.19. The molecule has 0 atom stereocenters. The van der Waals surface area contributed by atoms with Crippen molar-refractivity contribution in [3.05, 3.63) is 40.4 Å². The average molecular weight is 243 g/mol. The highest BCUT2D eigenvalue weighted by Crippen LogP contribution is 2.33. The van der Waals surface area contributed by atoms with Gasteiger partial charge in [-0.2, -0.15) is 0 Å². The van der Waals surface area contributed by atoms with Crippen LogP contribution in [0.1, 0.15) is 0 Å². The third-order valence-electron chi connectivity index (χ3n) is 1.81. The molecule has 0 aromatic heterocycles. The molecular formula is C11H15ClSSi. The summed E-state index contributed by atoms with van der Waals surface area (Å²) in [4.78, 5) is 1.27. The fourth-order valence-electron chi connectivity index (χ4n) is 0.955. The van der Waals surface area contributed by atoms with Crippen LogP contribution in [0, 0.1) is 0 Å². The van der Waals surface area contributed by atoms with E-state index in [1.54, 1.807) is 17.3 Å². The smallest absolute Gasteiger partial charge is 0.0873 e. The number of benzene rings is 1. The molecule has 76 valence electrons. The fraction of sp³-hybridized carbons (Fsp3) is 0.273. The third-order valence-corrected chi connectivity index (χ3v) is 6.95. The zero-order valence-electron chi connectivity index (χ0n) is 8.75. The molecule has 0 heterocycles. The van der Waals surface area contributed by atoms with Gasteiger partial charge in [0, 0.05) is 10.4 Å². The summed E-state index contributed by atoms with van der Waals surface area (Å²) in [7, 11) is -1.28. The molecule has 3 heteroatoms. The van der Waals surface area contributed by atoms with Crippen LogP contribution in [0.2, 0.25) is 19.6 Å². The first-order valence-corrected chi connectivity index (χ1v) is 9.33. The highest BCUT2D eigenvalue weighted by atomic mass is 35.5. The maximum atomic E-state index is 5.85. The number of thioether (sulfide) groups is 1. The van der Waals surface area contributed by atoms with E-state index in [9.17, 15) is 0 Å². The second kappa shape index (κ2) is 5.05. The minimum atomic E-state index is -1.28. The fourth-order valence-corrected chi connectivity index (χ4v) is 4.57. The van der Waals surface area contributed by atoms with E-state index in [1.165, 1.54) is 9.42 Å². The zero-order valence-corrected chi connectivity index (χ0v) is 11.3. The monoisotopic (exact) mass is 242 g/mol. The normalized spacial score (nSPS) is 13.0. The molecule has 0 nitrogen and oxygen atoms in total. The van der Waals surface area contributed by atoms with Gasteiger partial charge in [0.1, 0.15) is 0 Å². The van der Waals surface area contributed by atoms with E-state index in [0.29, 0.717) is 0 Å². The van der Waals surface area contributed by atoms with Gasteiger partial charge in [-0.15, -0.1) is 0 Å². The Morgan fingerprint density at radius 3 is 2.21 bits per heavy atom. The van der Waals surface area contributed by atoms with Crippen molar-refractivity contribution in [1.29, 1.82) is 0 Å². The highest BCUT2D eigenvalue weighted by Gasteiger charge is 2.20. The lowest BCUT2D eigenvalue weighted by atomic mass is 10.4. The van der Waals surface area contributed by atoms with Crippen molar-refractivity contribution in [3.63, 3.8) is 0 Å². The van der Waals surface area contributed by atoms with E-state index in [-0.39, 0.29) is 0 Å². The molecule has 0 N–H and O–H groups in total.